The number of likely N-dealkylation sites (tertiary alicyclic amines) is 1. The van der Waals surface area contributed by atoms with Gasteiger partial charge in [0.1, 0.15) is 0 Å². The molecule has 1 fully saturated rings. The summed E-state index contributed by atoms with van der Waals surface area (Å²) in [6, 6.07) is 0. The summed E-state index contributed by atoms with van der Waals surface area (Å²) in [4.78, 5) is 13.2. The fourth-order valence-electron chi connectivity index (χ4n) is 1.30. The standard InChI is InChI=1S/C8H15NO.C2H6.CH4/c1-7(2)8(10)9-5-3-4-6-9;1-2;/h7H,3-6H2,1-2H3;1-2H3;1H4. The highest BCUT2D eigenvalue weighted by Gasteiger charge is 2.19. The van der Waals surface area contributed by atoms with E-state index in [1.165, 1.54) is 12.8 Å². The minimum atomic E-state index is 0. The molecule has 0 radical (unpaired) electrons. The van der Waals surface area contributed by atoms with Gasteiger partial charge in [0.15, 0.2) is 0 Å². The summed E-state index contributed by atoms with van der Waals surface area (Å²) in [6.45, 7) is 9.88. The van der Waals surface area contributed by atoms with Crippen molar-refractivity contribution in [2.45, 2.75) is 48.0 Å². The van der Waals surface area contributed by atoms with Gasteiger partial charge in [0.2, 0.25) is 5.91 Å². The zero-order chi connectivity index (χ0) is 9.56. The summed E-state index contributed by atoms with van der Waals surface area (Å²) < 4.78 is 0. The number of rotatable bonds is 1. The van der Waals surface area contributed by atoms with Crippen LogP contribution in [0.15, 0.2) is 0 Å². The van der Waals surface area contributed by atoms with Gasteiger partial charge in [-0.3, -0.25) is 4.79 Å². The van der Waals surface area contributed by atoms with Crippen molar-refractivity contribution in [2.75, 3.05) is 13.1 Å². The third-order valence-corrected chi connectivity index (χ3v) is 1.91. The fourth-order valence-corrected chi connectivity index (χ4v) is 1.30. The van der Waals surface area contributed by atoms with Crippen LogP contribution in [0, 0.1) is 5.92 Å². The molecule has 1 rings (SSSR count). The van der Waals surface area contributed by atoms with E-state index in [-0.39, 0.29) is 13.3 Å². The summed E-state index contributed by atoms with van der Waals surface area (Å²) in [6.07, 6.45) is 2.39. The number of nitrogens with zero attached hydrogens (tertiary/aromatic N) is 1. The minimum absolute atomic E-state index is 0. The van der Waals surface area contributed by atoms with Crippen LogP contribution in [0.5, 0.6) is 0 Å². The first-order chi connectivity index (χ1) is 5.72. The zero-order valence-corrected chi connectivity index (χ0v) is 8.76. The Hall–Kier alpha value is -0.530. The van der Waals surface area contributed by atoms with E-state index in [0.29, 0.717) is 5.91 Å². The molecule has 0 bridgehead atoms. The van der Waals surface area contributed by atoms with Gasteiger partial charge in [-0.2, -0.15) is 0 Å². The summed E-state index contributed by atoms with van der Waals surface area (Å²) in [5.74, 6) is 0.496. The zero-order valence-electron chi connectivity index (χ0n) is 8.76. The van der Waals surface area contributed by atoms with Crippen LogP contribution in [0.2, 0.25) is 0 Å². The summed E-state index contributed by atoms with van der Waals surface area (Å²) in [5.41, 5.74) is 0. The number of hydrogen-bond acceptors (Lipinski definition) is 1. The molecular weight excluding hydrogens is 162 g/mol. The van der Waals surface area contributed by atoms with Gasteiger partial charge >= 0.3 is 0 Å². The smallest absolute Gasteiger partial charge is 0.225 e. The number of carbonyl (C=O) groups excluding carboxylic acids is 1. The molecule has 1 amide bonds. The average Bonchev–Trinajstić information content (AvgIpc) is 2.58. The van der Waals surface area contributed by atoms with E-state index in [0.717, 1.165) is 13.1 Å². The second-order valence-electron chi connectivity index (χ2n) is 3.19. The molecule has 0 spiro atoms. The maximum Gasteiger partial charge on any atom is 0.225 e. The highest BCUT2D eigenvalue weighted by atomic mass is 16.2. The van der Waals surface area contributed by atoms with E-state index in [1.807, 2.05) is 32.6 Å². The third kappa shape index (κ3) is 4.91. The lowest BCUT2D eigenvalue weighted by Crippen LogP contribution is -2.31. The van der Waals surface area contributed by atoms with Crippen molar-refractivity contribution in [1.82, 2.24) is 4.90 Å². The second kappa shape index (κ2) is 8.09. The van der Waals surface area contributed by atoms with Gasteiger partial charge in [0.25, 0.3) is 0 Å². The summed E-state index contributed by atoms with van der Waals surface area (Å²) >= 11 is 0. The SMILES string of the molecule is C.CC.CC(C)C(=O)N1CCCC1. The van der Waals surface area contributed by atoms with Crippen LogP contribution in [0.25, 0.3) is 0 Å². The molecule has 0 atom stereocenters. The van der Waals surface area contributed by atoms with E-state index in [1.54, 1.807) is 0 Å². The molecule has 0 aromatic carbocycles. The van der Waals surface area contributed by atoms with Crippen LogP contribution in [-0.4, -0.2) is 23.9 Å². The highest BCUT2D eigenvalue weighted by Crippen LogP contribution is 2.10. The van der Waals surface area contributed by atoms with Crippen molar-refractivity contribution >= 4 is 5.91 Å². The molecule has 0 aliphatic carbocycles. The highest BCUT2D eigenvalue weighted by molar-refractivity contribution is 5.78. The van der Waals surface area contributed by atoms with E-state index < -0.39 is 0 Å². The Balaban J connectivity index is 0. The van der Waals surface area contributed by atoms with Crippen LogP contribution >= 0.6 is 0 Å². The summed E-state index contributed by atoms with van der Waals surface area (Å²) in [7, 11) is 0. The fraction of sp³-hybridized carbons (Fsp3) is 0.909. The number of amides is 1. The van der Waals surface area contributed by atoms with Crippen molar-refractivity contribution in [2.24, 2.45) is 5.92 Å². The quantitative estimate of drug-likeness (QED) is 0.618. The maximum atomic E-state index is 11.3. The topological polar surface area (TPSA) is 20.3 Å². The largest absolute Gasteiger partial charge is 0.342 e. The minimum Gasteiger partial charge on any atom is -0.342 e. The molecular formula is C11H25NO. The van der Waals surface area contributed by atoms with Gasteiger partial charge < -0.3 is 4.90 Å². The molecule has 1 saturated heterocycles. The Bertz CT molecular complexity index is 126. The van der Waals surface area contributed by atoms with E-state index in [4.69, 9.17) is 0 Å². The van der Waals surface area contributed by atoms with Crippen LogP contribution in [-0.2, 0) is 4.79 Å². The van der Waals surface area contributed by atoms with Gasteiger partial charge in [0, 0.05) is 19.0 Å². The normalized spacial score (nSPS) is 14.7. The van der Waals surface area contributed by atoms with Crippen LogP contribution in [0.4, 0.5) is 0 Å². The van der Waals surface area contributed by atoms with Crippen molar-refractivity contribution < 1.29 is 4.79 Å². The van der Waals surface area contributed by atoms with Gasteiger partial charge in [0.05, 0.1) is 0 Å². The van der Waals surface area contributed by atoms with E-state index in [2.05, 4.69) is 0 Å². The van der Waals surface area contributed by atoms with E-state index in [9.17, 15) is 4.79 Å². The molecule has 2 nitrogen and oxygen atoms in total. The molecule has 2 heteroatoms. The maximum absolute atomic E-state index is 11.3. The van der Waals surface area contributed by atoms with Crippen molar-refractivity contribution in [3.8, 4) is 0 Å². The Morgan fingerprint density at radius 1 is 1.15 bits per heavy atom. The molecule has 1 heterocycles. The second-order valence-corrected chi connectivity index (χ2v) is 3.19. The molecule has 1 aliphatic rings. The molecule has 1 aliphatic heterocycles. The van der Waals surface area contributed by atoms with Crippen LogP contribution in [0.3, 0.4) is 0 Å². The van der Waals surface area contributed by atoms with Gasteiger partial charge in [-0.15, -0.1) is 0 Å². The first-order valence-corrected chi connectivity index (χ1v) is 5.00. The molecule has 80 valence electrons. The molecule has 0 aromatic rings. The van der Waals surface area contributed by atoms with Crippen molar-refractivity contribution in [3.63, 3.8) is 0 Å². The first-order valence-electron chi connectivity index (χ1n) is 5.00. The molecule has 0 unspecified atom stereocenters. The van der Waals surface area contributed by atoms with E-state index >= 15 is 0 Å². The lowest BCUT2D eigenvalue weighted by molar-refractivity contribution is -0.133. The Kier molecular flexibility index (Phi) is 9.31. The molecule has 0 saturated carbocycles. The first kappa shape index (κ1) is 15.0. The predicted octanol–water partition coefficient (Wildman–Crippen LogP) is 2.93. The molecule has 13 heavy (non-hydrogen) atoms. The Morgan fingerprint density at radius 2 is 1.54 bits per heavy atom. The van der Waals surface area contributed by atoms with Crippen LogP contribution in [0.1, 0.15) is 48.0 Å². The summed E-state index contributed by atoms with van der Waals surface area (Å²) in [5, 5.41) is 0. The van der Waals surface area contributed by atoms with Gasteiger partial charge in [-0.25, -0.2) is 0 Å². The molecule has 0 aromatic heterocycles. The van der Waals surface area contributed by atoms with Crippen molar-refractivity contribution in [3.05, 3.63) is 0 Å². The average molecular weight is 187 g/mol. The Morgan fingerprint density at radius 3 is 1.85 bits per heavy atom. The Labute approximate surface area is 83.3 Å². The predicted molar refractivity (Wildman–Crippen MR) is 58.7 cm³/mol. The lowest BCUT2D eigenvalue weighted by atomic mass is 10.2. The third-order valence-electron chi connectivity index (χ3n) is 1.91. The van der Waals surface area contributed by atoms with Gasteiger partial charge in [-0.05, 0) is 12.8 Å². The monoisotopic (exact) mass is 187 g/mol. The number of carbonyl (C=O) groups is 1. The van der Waals surface area contributed by atoms with Crippen LogP contribution < -0.4 is 0 Å². The lowest BCUT2D eigenvalue weighted by Gasteiger charge is -2.17. The van der Waals surface area contributed by atoms with Gasteiger partial charge in [-0.1, -0.05) is 35.1 Å². The number of hydrogen-bond donors (Lipinski definition) is 0. The molecule has 0 N–H and O–H groups in total. The van der Waals surface area contributed by atoms with Crippen molar-refractivity contribution in [1.29, 1.82) is 0 Å².